The lowest BCUT2D eigenvalue weighted by Crippen LogP contribution is -2.38. The minimum Gasteiger partial charge on any atom is -0.379 e. The third kappa shape index (κ3) is 4.12. The van der Waals surface area contributed by atoms with Crippen LogP contribution in [0.15, 0.2) is 61.2 Å². The third-order valence-corrected chi connectivity index (χ3v) is 5.57. The second kappa shape index (κ2) is 9.29. The number of carbonyl (C=O) groups is 1. The van der Waals surface area contributed by atoms with Gasteiger partial charge in [0.1, 0.15) is 5.69 Å². The molecule has 1 aromatic carbocycles. The van der Waals surface area contributed by atoms with Crippen LogP contribution in [-0.2, 0) is 4.74 Å². The van der Waals surface area contributed by atoms with Crippen molar-refractivity contribution < 1.29 is 9.53 Å². The molecule has 0 unspecified atom stereocenters. The predicted octanol–water partition coefficient (Wildman–Crippen LogP) is 2.03. The average Bonchev–Trinajstić information content (AvgIpc) is 3.48. The molecule has 0 radical (unpaired) electrons. The van der Waals surface area contributed by atoms with Gasteiger partial charge < -0.3 is 10.1 Å². The first kappa shape index (κ1) is 20.3. The number of nitrogens with zero attached hydrogens (tertiary/aromatic N) is 6. The van der Waals surface area contributed by atoms with Crippen molar-refractivity contribution in [3.05, 3.63) is 66.9 Å². The Bertz CT molecular complexity index is 1200. The van der Waals surface area contributed by atoms with E-state index in [2.05, 4.69) is 20.3 Å². The lowest BCUT2D eigenvalue weighted by molar-refractivity contribution is 0.0374. The summed E-state index contributed by atoms with van der Waals surface area (Å²) in [5, 5.41) is 7.48. The Hall–Kier alpha value is -3.56. The van der Waals surface area contributed by atoms with Crippen molar-refractivity contribution in [1.29, 1.82) is 0 Å². The molecule has 0 atom stereocenters. The highest BCUT2D eigenvalue weighted by Crippen LogP contribution is 2.24. The Morgan fingerprint density at radius 3 is 2.78 bits per heavy atom. The molecule has 1 amide bonds. The molecule has 1 aliphatic heterocycles. The highest BCUT2D eigenvalue weighted by molar-refractivity contribution is 5.99. The zero-order valence-electron chi connectivity index (χ0n) is 17.7. The summed E-state index contributed by atoms with van der Waals surface area (Å²) < 4.78 is 9.08. The van der Waals surface area contributed by atoms with Crippen molar-refractivity contribution >= 4 is 11.4 Å². The number of benzene rings is 1. The topological polar surface area (TPSA) is 89.6 Å². The van der Waals surface area contributed by atoms with E-state index in [1.54, 1.807) is 18.6 Å². The molecule has 1 fully saturated rings. The number of rotatable bonds is 7. The number of ether oxygens (including phenoxy) is 1. The minimum atomic E-state index is -0.200. The summed E-state index contributed by atoms with van der Waals surface area (Å²) in [7, 11) is 0. The molecular weight excluding hydrogens is 406 g/mol. The Kier molecular flexibility index (Phi) is 5.91. The van der Waals surface area contributed by atoms with Gasteiger partial charge in [-0.1, -0.05) is 18.2 Å². The van der Waals surface area contributed by atoms with E-state index in [1.165, 1.54) is 0 Å². The summed E-state index contributed by atoms with van der Waals surface area (Å²) in [4.78, 5) is 24.2. The van der Waals surface area contributed by atoms with Crippen molar-refractivity contribution in [2.45, 2.75) is 6.42 Å². The summed E-state index contributed by atoms with van der Waals surface area (Å²) in [5.41, 5.74) is 2.74. The highest BCUT2D eigenvalue weighted by Gasteiger charge is 2.21. The van der Waals surface area contributed by atoms with Gasteiger partial charge in [0.2, 0.25) is 0 Å². The quantitative estimate of drug-likeness (QED) is 0.451. The van der Waals surface area contributed by atoms with Crippen LogP contribution in [0.5, 0.6) is 0 Å². The number of hydrogen-bond acceptors (Lipinski definition) is 6. The van der Waals surface area contributed by atoms with E-state index in [-0.39, 0.29) is 5.91 Å². The highest BCUT2D eigenvalue weighted by atomic mass is 16.5. The average molecular weight is 432 g/mol. The number of fused-ring (bicyclic) bond motifs is 1. The number of para-hydroxylation sites is 1. The fourth-order valence-corrected chi connectivity index (χ4v) is 3.95. The molecule has 1 N–H and O–H groups in total. The van der Waals surface area contributed by atoms with E-state index in [0.29, 0.717) is 23.6 Å². The van der Waals surface area contributed by atoms with Gasteiger partial charge in [-0.05, 0) is 31.2 Å². The third-order valence-electron chi connectivity index (χ3n) is 5.57. The Morgan fingerprint density at radius 2 is 1.94 bits per heavy atom. The van der Waals surface area contributed by atoms with Gasteiger partial charge in [-0.3, -0.25) is 19.1 Å². The Balaban J connectivity index is 1.37. The molecule has 0 spiro atoms. The smallest absolute Gasteiger partial charge is 0.272 e. The zero-order chi connectivity index (χ0) is 21.8. The summed E-state index contributed by atoms with van der Waals surface area (Å²) in [6.45, 7) is 4.99. The second-order valence-corrected chi connectivity index (χ2v) is 7.64. The fraction of sp³-hybridized carbons (Fsp3) is 0.304. The lowest BCUT2D eigenvalue weighted by Gasteiger charge is -2.26. The van der Waals surface area contributed by atoms with Gasteiger partial charge in [-0.2, -0.15) is 5.10 Å². The predicted molar refractivity (Wildman–Crippen MR) is 120 cm³/mol. The van der Waals surface area contributed by atoms with E-state index in [4.69, 9.17) is 9.72 Å². The molecule has 164 valence electrons. The van der Waals surface area contributed by atoms with Gasteiger partial charge in [0.25, 0.3) is 5.91 Å². The molecule has 32 heavy (non-hydrogen) atoms. The van der Waals surface area contributed by atoms with Crippen LogP contribution in [0.3, 0.4) is 0 Å². The van der Waals surface area contributed by atoms with Crippen LogP contribution >= 0.6 is 0 Å². The molecule has 4 aromatic rings. The molecule has 3 aromatic heterocycles. The van der Waals surface area contributed by atoms with Crippen molar-refractivity contribution in [2.75, 3.05) is 39.4 Å². The van der Waals surface area contributed by atoms with Gasteiger partial charge in [-0.25, -0.2) is 9.67 Å². The fourth-order valence-electron chi connectivity index (χ4n) is 3.95. The Morgan fingerprint density at radius 1 is 1.09 bits per heavy atom. The molecule has 0 aliphatic carbocycles. The van der Waals surface area contributed by atoms with Crippen molar-refractivity contribution in [2.24, 2.45) is 0 Å². The number of nitrogens with one attached hydrogen (secondary N) is 1. The molecular formula is C23H25N7O2. The summed E-state index contributed by atoms with van der Waals surface area (Å²) in [5.74, 6) is 0.441. The Labute approximate surface area is 185 Å². The normalized spacial score (nSPS) is 14.6. The molecule has 4 heterocycles. The molecule has 0 bridgehead atoms. The van der Waals surface area contributed by atoms with Gasteiger partial charge >= 0.3 is 0 Å². The van der Waals surface area contributed by atoms with Crippen LogP contribution in [-0.4, -0.2) is 74.3 Å². The minimum absolute atomic E-state index is 0.200. The van der Waals surface area contributed by atoms with Gasteiger partial charge in [-0.15, -0.1) is 0 Å². The second-order valence-electron chi connectivity index (χ2n) is 7.64. The molecule has 9 nitrogen and oxygen atoms in total. The van der Waals surface area contributed by atoms with E-state index >= 15 is 0 Å². The first-order valence-electron chi connectivity index (χ1n) is 10.8. The number of carbonyl (C=O) groups excluding carboxylic acids is 1. The van der Waals surface area contributed by atoms with Crippen molar-refractivity contribution in [1.82, 2.24) is 34.4 Å². The van der Waals surface area contributed by atoms with Crippen LogP contribution in [0.1, 0.15) is 16.9 Å². The number of morpholine rings is 1. The first-order valence-corrected chi connectivity index (χ1v) is 10.8. The van der Waals surface area contributed by atoms with E-state index in [9.17, 15) is 4.79 Å². The number of hydrogen-bond donors (Lipinski definition) is 1. The van der Waals surface area contributed by atoms with Crippen LogP contribution in [0.2, 0.25) is 0 Å². The van der Waals surface area contributed by atoms with Gasteiger partial charge in [0.05, 0.1) is 36.8 Å². The standard InChI is InChI=1S/C23H25N7O2/c31-23(25-8-4-11-28-13-15-32-16-14-28)21-20-17-24-10-12-29(20)22(27-21)19-7-9-26-30(19)18-5-2-1-3-6-18/h1-3,5-7,9-10,12,17H,4,8,11,13-16H2,(H,25,31). The van der Waals surface area contributed by atoms with Crippen LogP contribution < -0.4 is 5.32 Å². The monoisotopic (exact) mass is 431 g/mol. The summed E-state index contributed by atoms with van der Waals surface area (Å²) >= 11 is 0. The molecule has 9 heteroatoms. The molecule has 1 aliphatic rings. The lowest BCUT2D eigenvalue weighted by atomic mass is 10.3. The maximum absolute atomic E-state index is 13.0. The maximum atomic E-state index is 13.0. The summed E-state index contributed by atoms with van der Waals surface area (Å²) in [6, 6.07) is 11.7. The van der Waals surface area contributed by atoms with E-state index < -0.39 is 0 Å². The number of amides is 1. The van der Waals surface area contributed by atoms with Crippen LogP contribution in [0.25, 0.3) is 22.7 Å². The largest absolute Gasteiger partial charge is 0.379 e. The summed E-state index contributed by atoms with van der Waals surface area (Å²) in [6.07, 6.45) is 7.78. The van der Waals surface area contributed by atoms with E-state index in [1.807, 2.05) is 51.7 Å². The molecule has 1 saturated heterocycles. The van der Waals surface area contributed by atoms with Gasteiger partial charge in [0, 0.05) is 32.0 Å². The molecule has 5 rings (SSSR count). The van der Waals surface area contributed by atoms with Crippen molar-refractivity contribution in [3.8, 4) is 17.2 Å². The van der Waals surface area contributed by atoms with E-state index in [0.717, 1.165) is 50.7 Å². The van der Waals surface area contributed by atoms with Gasteiger partial charge in [0.15, 0.2) is 11.5 Å². The first-order chi connectivity index (χ1) is 15.8. The maximum Gasteiger partial charge on any atom is 0.272 e. The molecule has 0 saturated carbocycles. The number of imidazole rings is 1. The van der Waals surface area contributed by atoms with Crippen LogP contribution in [0, 0.1) is 0 Å². The number of aromatic nitrogens is 5. The van der Waals surface area contributed by atoms with Crippen LogP contribution in [0.4, 0.5) is 0 Å². The SMILES string of the molecule is O=C(NCCCN1CCOCC1)c1nc(-c2ccnn2-c2ccccc2)n2ccncc12. The zero-order valence-corrected chi connectivity index (χ0v) is 17.7. The van der Waals surface area contributed by atoms with Crippen molar-refractivity contribution in [3.63, 3.8) is 0 Å².